The molecule has 0 radical (unpaired) electrons. The molecule has 7 heterocycles. The first-order valence-electron chi connectivity index (χ1n) is 46.9. The number of aldehydes is 1. The van der Waals surface area contributed by atoms with Gasteiger partial charge < -0.3 is 85.3 Å². The van der Waals surface area contributed by atoms with Crippen LogP contribution >= 0.6 is 11.8 Å². The molecule has 23 nitrogen and oxygen atoms in total. The third-order valence-corrected chi connectivity index (χ3v) is 34.9. The third kappa shape index (κ3) is 17.9. The van der Waals surface area contributed by atoms with Gasteiger partial charge in [-0.05, 0) is 183 Å². The molecule has 0 amide bonds. The van der Waals surface area contributed by atoms with Gasteiger partial charge in [-0.2, -0.15) is 0 Å². The zero-order valence-corrected chi connectivity index (χ0v) is 78.4. The SMILES string of the molecule is CCC1O[C@@H](OC2[C@H](O[C@H]3CCC4(C)C5CC=C6C7CC(C)(C)CC[C@]7(C(=O)S[C@@H]7OC(COCc8ccccc8)[C@H](N=[N+]=[N-])C(C)C7O[C@@H]7OC(C)[C@H](O[C@@H]8OC[C@@H](OCc9ccccc9)C(OCc9ccccc9)C8C)C8OC(C)(C)OC87)C(OC)C[C@@]6(C)[C@@]5(C)CC[C@H]4[C@@]3(C)C=O)OC(C(C)=O)[C@@H](C)[C@@H]2O[C@@H]2OC[C@@H](C)[C@H](C)C2C)C(C)[C@@H](C)[C@H]1C. The molecule has 124 heavy (non-hydrogen) atoms. The highest BCUT2D eigenvalue weighted by atomic mass is 32.2. The number of azide groups is 1. The van der Waals surface area contributed by atoms with Crippen LogP contribution in [0.15, 0.2) is 108 Å². The molecule has 0 aromatic heterocycles. The van der Waals surface area contributed by atoms with Gasteiger partial charge in [0, 0.05) is 35.7 Å². The van der Waals surface area contributed by atoms with E-state index in [1.807, 2.05) is 126 Å². The van der Waals surface area contributed by atoms with Crippen molar-refractivity contribution < 1.29 is 94.9 Å². The lowest BCUT2D eigenvalue weighted by Gasteiger charge is -2.72. The number of ketones is 1. The van der Waals surface area contributed by atoms with Crippen LogP contribution in [0.3, 0.4) is 0 Å². The molecule has 0 spiro atoms. The van der Waals surface area contributed by atoms with E-state index in [-0.39, 0.29) is 94.5 Å². The molecule has 3 aromatic rings. The minimum atomic E-state index is -1.12. The molecule has 12 aliphatic rings. The van der Waals surface area contributed by atoms with Crippen LogP contribution in [0.2, 0.25) is 0 Å². The number of hydrogen-bond donors (Lipinski definition) is 0. The number of carbonyl (C=O) groups excluding carboxylic acids is 3. The number of benzene rings is 3. The van der Waals surface area contributed by atoms with Crippen LogP contribution in [0.1, 0.15) is 219 Å². The lowest BCUT2D eigenvalue weighted by Crippen LogP contribution is -2.68. The molecule has 3 aromatic carbocycles. The molecule has 0 bridgehead atoms. The van der Waals surface area contributed by atoms with Crippen LogP contribution in [-0.4, -0.2) is 178 Å². The van der Waals surface area contributed by atoms with Gasteiger partial charge in [0.05, 0.1) is 105 Å². The Morgan fingerprint density at radius 3 is 1.85 bits per heavy atom. The Morgan fingerprint density at radius 2 is 1.19 bits per heavy atom. The largest absolute Gasteiger partial charge is 0.380 e. The Hall–Kier alpha value is -4.61. The van der Waals surface area contributed by atoms with Crippen LogP contribution in [0.5, 0.6) is 0 Å². The second-order valence-electron chi connectivity index (χ2n) is 42.0. The summed E-state index contributed by atoms with van der Waals surface area (Å²) in [6.45, 7) is 45.0. The number of methoxy groups -OCH3 is 1. The van der Waals surface area contributed by atoms with E-state index in [0.29, 0.717) is 56.8 Å². The zero-order chi connectivity index (χ0) is 88.5. The molecule has 4 saturated carbocycles. The van der Waals surface area contributed by atoms with Crippen LogP contribution in [0.4, 0.5) is 0 Å². The van der Waals surface area contributed by atoms with E-state index < -0.39 is 156 Å². The van der Waals surface area contributed by atoms with Crippen molar-refractivity contribution in [2.24, 2.45) is 109 Å². The van der Waals surface area contributed by atoms with E-state index in [1.165, 1.54) is 23.6 Å². The first-order valence-corrected chi connectivity index (χ1v) is 47.8. The molecule has 7 aliphatic heterocycles. The van der Waals surface area contributed by atoms with E-state index in [4.69, 9.17) is 80.5 Å². The molecule has 38 atom stereocenters. The maximum Gasteiger partial charge on any atom is 0.200 e. The van der Waals surface area contributed by atoms with Crippen LogP contribution in [0, 0.1) is 104 Å². The Bertz CT molecular complexity index is 4200. The van der Waals surface area contributed by atoms with Gasteiger partial charge in [0.2, 0.25) is 5.12 Å². The van der Waals surface area contributed by atoms with Crippen molar-refractivity contribution in [3.8, 4) is 0 Å². The quantitative estimate of drug-likeness (QED) is 0.0172. The highest BCUT2D eigenvalue weighted by molar-refractivity contribution is 8.14. The van der Waals surface area contributed by atoms with Gasteiger partial charge >= 0.3 is 0 Å². The number of hydrogen-bond acceptors (Lipinski definition) is 22. The Kier molecular flexibility index (Phi) is 28.8. The highest BCUT2D eigenvalue weighted by Crippen LogP contribution is 2.77. The van der Waals surface area contributed by atoms with Crippen LogP contribution < -0.4 is 0 Å². The van der Waals surface area contributed by atoms with Gasteiger partial charge in [0.25, 0.3) is 0 Å². The molecule has 15 rings (SSSR count). The van der Waals surface area contributed by atoms with E-state index in [2.05, 4.69) is 113 Å². The lowest BCUT2D eigenvalue weighted by molar-refractivity contribution is -0.374. The first kappa shape index (κ1) is 94.0. The second-order valence-corrected chi connectivity index (χ2v) is 43.1. The topological polar surface area (TPSA) is 257 Å². The fraction of sp³-hybridized carbons (Fsp3) is 0.770. The van der Waals surface area contributed by atoms with Gasteiger partial charge in [0.1, 0.15) is 48.3 Å². The number of allylic oxidation sites excluding steroid dienone is 2. The number of Topliss-reactive ketones (excluding diaryl/α,β-unsaturated/α-hetero) is 1. The molecule has 24 heteroatoms. The fourth-order valence-electron chi connectivity index (χ4n) is 25.4. The standard InChI is InChI=1S/C100H145N3O20S/c1-22-71-58(5)57(4)60(7)89(114-71)121-85-81(118-87-59(6)56(3)55(2)48-111-87)62(9)79(64(11)105)117-90(85)116-76-41-42-96(17)74(97(76,18)54-104)40-43-98(19)75(96)39-38-69-70-46-94(13,14)44-45-100(70,77(107-21)47-99(69,98)20)93(106)124-92-82(61(8)78(102-103-101)72(115-92)52-108-49-66-32-26-23-27-33-66)119-91-86-84(122-95(15,16)123-86)83(65(12)113-91)120-88-63(10)80(110-51-68-36-30-25-31-37-68)73(53-112-88)109-50-67-34-28-24-29-35-67/h23-38,54-63,65,70-92H,22,39-53H2,1-21H3/t55-,56+,57+,58-,59?,60?,61?,62-,63?,65?,70?,71?,72?,73-,74-,75?,76+,77?,78-,79?,80?,81+,82?,83+,84?,85?,86?,87+,88+,89+,90-,91+,92+,96?,97-,98+,99-,100-/m1/s1. The third-order valence-electron chi connectivity index (χ3n) is 33.7. The number of ether oxygens (including phenoxy) is 17. The van der Waals surface area contributed by atoms with Crippen molar-refractivity contribution in [3.63, 3.8) is 0 Å². The maximum absolute atomic E-state index is 17.1. The van der Waals surface area contributed by atoms with Gasteiger partial charge in [-0.1, -0.05) is 230 Å². The number of thioether (sulfide) groups is 1. The number of nitrogens with zero attached hydrogens (tertiary/aromatic N) is 3. The van der Waals surface area contributed by atoms with Crippen molar-refractivity contribution in [2.45, 2.75) is 357 Å². The summed E-state index contributed by atoms with van der Waals surface area (Å²) in [6.07, 6.45) is -2.35. The van der Waals surface area contributed by atoms with E-state index in [9.17, 15) is 15.1 Å². The van der Waals surface area contributed by atoms with Crippen LogP contribution in [-0.2, 0) is 115 Å². The predicted molar refractivity (Wildman–Crippen MR) is 469 cm³/mol. The van der Waals surface area contributed by atoms with Gasteiger partial charge in [0.15, 0.2) is 43.0 Å². The summed E-state index contributed by atoms with van der Waals surface area (Å²) in [7, 11) is 1.79. The summed E-state index contributed by atoms with van der Waals surface area (Å²) >= 11 is 1.17. The van der Waals surface area contributed by atoms with Crippen molar-refractivity contribution in [1.29, 1.82) is 0 Å². The Balaban J connectivity index is 0.710. The fourth-order valence-corrected chi connectivity index (χ4v) is 26.9. The van der Waals surface area contributed by atoms with E-state index >= 15 is 4.79 Å². The Morgan fingerprint density at radius 1 is 0.573 bits per heavy atom. The molecular weight excluding hydrogens is 1600 g/mol. The predicted octanol–water partition coefficient (Wildman–Crippen LogP) is 18.7. The average molecular weight is 1740 g/mol. The van der Waals surface area contributed by atoms with E-state index in [1.54, 1.807) is 14.0 Å². The minimum absolute atomic E-state index is 0.00842. The van der Waals surface area contributed by atoms with E-state index in [0.717, 1.165) is 61.6 Å². The summed E-state index contributed by atoms with van der Waals surface area (Å²) in [5.74, 6) is -1.50. The summed E-state index contributed by atoms with van der Waals surface area (Å²) in [4.78, 5) is 49.4. The summed E-state index contributed by atoms with van der Waals surface area (Å²) < 4.78 is 119. The van der Waals surface area contributed by atoms with Crippen LogP contribution in [0.25, 0.3) is 10.4 Å². The molecule has 686 valence electrons. The maximum atomic E-state index is 17.1. The first-order chi connectivity index (χ1) is 59.1. The highest BCUT2D eigenvalue weighted by Gasteiger charge is 2.73. The van der Waals surface area contributed by atoms with Crippen molar-refractivity contribution >= 4 is 28.9 Å². The average Bonchev–Trinajstić information content (AvgIpc) is 0.753. The number of rotatable bonds is 27. The second kappa shape index (κ2) is 37.9. The summed E-state index contributed by atoms with van der Waals surface area (Å²) in [5, 5.41) is 4.44. The molecule has 11 fully saturated rings. The van der Waals surface area contributed by atoms with Crippen molar-refractivity contribution in [1.82, 2.24) is 0 Å². The Labute approximate surface area is 741 Å². The lowest BCUT2D eigenvalue weighted by atomic mass is 9.33. The molecule has 7 saturated heterocycles. The van der Waals surface area contributed by atoms with Gasteiger partial charge in [-0.3, -0.25) is 9.59 Å². The molecule has 0 N–H and O–H groups in total. The molecular formula is C100H145N3O20S. The minimum Gasteiger partial charge on any atom is -0.380 e. The zero-order valence-electron chi connectivity index (χ0n) is 77.6. The molecule has 17 unspecified atom stereocenters. The van der Waals surface area contributed by atoms with Crippen molar-refractivity contribution in [3.05, 3.63) is 130 Å². The summed E-state index contributed by atoms with van der Waals surface area (Å²) in [6, 6.07) is 29.3. The summed E-state index contributed by atoms with van der Waals surface area (Å²) in [5.41, 5.74) is 10.6. The van der Waals surface area contributed by atoms with Crippen molar-refractivity contribution in [2.75, 3.05) is 26.9 Å². The number of fused-ring (bicyclic) bond motifs is 8. The van der Waals surface area contributed by atoms with Gasteiger partial charge in [-0.15, -0.1) is 0 Å². The molecule has 5 aliphatic carbocycles. The normalized spacial score (nSPS) is 46.0. The number of carbonyl (C=O) groups is 3. The monoisotopic (exact) mass is 1740 g/mol. The van der Waals surface area contributed by atoms with Gasteiger partial charge in [-0.25, -0.2) is 0 Å². The smallest absolute Gasteiger partial charge is 0.200 e.